The number of amides is 1. The van der Waals surface area contributed by atoms with Crippen LogP contribution >= 0.6 is 0 Å². The number of anilines is 1. The van der Waals surface area contributed by atoms with Crippen molar-refractivity contribution in [3.8, 4) is 5.75 Å². The summed E-state index contributed by atoms with van der Waals surface area (Å²) in [4.78, 5) is 23.9. The second kappa shape index (κ2) is 9.60. The van der Waals surface area contributed by atoms with Gasteiger partial charge in [0.1, 0.15) is 5.75 Å². The lowest BCUT2D eigenvalue weighted by Crippen LogP contribution is -2.22. The first-order valence-electron chi connectivity index (χ1n) is 8.03. The maximum atomic E-state index is 12.2. The second-order valence-corrected chi connectivity index (χ2v) is 5.81. The third kappa shape index (κ3) is 6.32. The van der Waals surface area contributed by atoms with Gasteiger partial charge in [-0.05, 0) is 38.0 Å². The fourth-order valence-corrected chi connectivity index (χ4v) is 2.28. The van der Waals surface area contributed by atoms with Gasteiger partial charge in [0, 0.05) is 18.2 Å². The Bertz CT molecular complexity index is 599. The van der Waals surface area contributed by atoms with Gasteiger partial charge in [0.2, 0.25) is 5.91 Å². The van der Waals surface area contributed by atoms with Gasteiger partial charge in [0.15, 0.2) is 5.78 Å². The summed E-state index contributed by atoms with van der Waals surface area (Å²) in [6.07, 6.45) is 2.61. The molecule has 6 heteroatoms. The zero-order valence-electron chi connectivity index (χ0n) is 14.6. The van der Waals surface area contributed by atoms with Crippen LogP contribution in [0.3, 0.4) is 0 Å². The first-order chi connectivity index (χ1) is 11.3. The number of ketones is 1. The summed E-state index contributed by atoms with van der Waals surface area (Å²) in [5.41, 5.74) is 6.47. The molecule has 0 fully saturated rings. The summed E-state index contributed by atoms with van der Waals surface area (Å²) >= 11 is 0. The Morgan fingerprint density at radius 1 is 1.33 bits per heavy atom. The molecule has 0 aliphatic heterocycles. The highest BCUT2D eigenvalue weighted by Crippen LogP contribution is 2.23. The molecule has 132 valence electrons. The molecule has 0 spiro atoms. The normalized spacial score (nSPS) is 11.5. The molecule has 4 N–H and O–H groups in total. The van der Waals surface area contributed by atoms with Crippen molar-refractivity contribution in [1.82, 2.24) is 5.32 Å². The summed E-state index contributed by atoms with van der Waals surface area (Å²) in [6, 6.07) is 5.05. The lowest BCUT2D eigenvalue weighted by atomic mass is 10.0. The van der Waals surface area contributed by atoms with E-state index in [1.54, 1.807) is 18.2 Å². The summed E-state index contributed by atoms with van der Waals surface area (Å²) in [6.45, 7) is 7.68. The van der Waals surface area contributed by atoms with Crippen molar-refractivity contribution < 1.29 is 14.3 Å². The number of hydrogen-bond donors (Lipinski definition) is 3. The third-order valence-corrected chi connectivity index (χ3v) is 3.71. The number of Topliss-reactive ketones (excluding diaryl/α,β-unsaturated/α-hetero) is 1. The lowest BCUT2D eigenvalue weighted by Gasteiger charge is -2.14. The molecule has 6 nitrogen and oxygen atoms in total. The molecule has 24 heavy (non-hydrogen) atoms. The minimum absolute atomic E-state index is 0.0640. The predicted molar refractivity (Wildman–Crippen MR) is 96.0 cm³/mol. The highest BCUT2D eigenvalue weighted by atomic mass is 16.5. The molecule has 0 heterocycles. The maximum absolute atomic E-state index is 12.2. The topological polar surface area (TPSA) is 93.4 Å². The predicted octanol–water partition coefficient (Wildman–Crippen LogP) is 2.66. The molecule has 1 aromatic rings. The monoisotopic (exact) mass is 333 g/mol. The van der Waals surface area contributed by atoms with E-state index in [0.717, 1.165) is 25.8 Å². The molecule has 1 aromatic carbocycles. The van der Waals surface area contributed by atoms with Crippen LogP contribution in [0.4, 0.5) is 5.69 Å². The fourth-order valence-electron chi connectivity index (χ4n) is 2.28. The molecule has 1 rings (SSSR count). The largest absolute Gasteiger partial charge is 0.496 e. The summed E-state index contributed by atoms with van der Waals surface area (Å²) in [5.74, 6) is 0.675. The second-order valence-electron chi connectivity index (χ2n) is 5.81. The van der Waals surface area contributed by atoms with Gasteiger partial charge in [-0.2, -0.15) is 0 Å². The average molecular weight is 333 g/mol. The number of hydrogen-bond acceptors (Lipinski definition) is 5. The molecule has 1 atom stereocenters. The van der Waals surface area contributed by atoms with Gasteiger partial charge in [-0.15, -0.1) is 0 Å². The first kappa shape index (κ1) is 19.5. The van der Waals surface area contributed by atoms with E-state index in [9.17, 15) is 9.59 Å². The van der Waals surface area contributed by atoms with Crippen LogP contribution in [0.15, 0.2) is 30.6 Å². The van der Waals surface area contributed by atoms with Crippen molar-refractivity contribution in [1.29, 1.82) is 0 Å². The van der Waals surface area contributed by atoms with E-state index in [2.05, 4.69) is 17.2 Å². The number of methoxy groups -OCH3 is 1. The number of rotatable bonds is 10. The maximum Gasteiger partial charge on any atom is 0.227 e. The molecule has 0 radical (unpaired) electrons. The van der Waals surface area contributed by atoms with Gasteiger partial charge < -0.3 is 21.1 Å². The van der Waals surface area contributed by atoms with E-state index >= 15 is 0 Å². The number of ether oxygens (including phenoxy) is 1. The molecule has 0 aromatic heterocycles. The summed E-state index contributed by atoms with van der Waals surface area (Å²) in [5, 5.41) is 5.81. The Labute approximate surface area is 143 Å². The van der Waals surface area contributed by atoms with Crippen LogP contribution in [0.2, 0.25) is 0 Å². The Kier molecular flexibility index (Phi) is 7.82. The number of carbonyl (C=O) groups excluding carboxylic acids is 2. The number of unbranched alkanes of at least 4 members (excludes halogenated alkanes) is 1. The molecule has 0 saturated carbocycles. The van der Waals surface area contributed by atoms with Crippen LogP contribution in [-0.2, 0) is 4.79 Å². The average Bonchev–Trinajstić information content (AvgIpc) is 2.53. The van der Waals surface area contributed by atoms with Gasteiger partial charge in [-0.3, -0.25) is 9.59 Å². The van der Waals surface area contributed by atoms with Crippen molar-refractivity contribution in [2.24, 2.45) is 11.7 Å². The van der Waals surface area contributed by atoms with E-state index in [-0.39, 0.29) is 17.6 Å². The summed E-state index contributed by atoms with van der Waals surface area (Å²) < 4.78 is 5.15. The Hall–Kier alpha value is -2.50. The van der Waals surface area contributed by atoms with Crippen molar-refractivity contribution in [3.05, 3.63) is 36.2 Å². The van der Waals surface area contributed by atoms with Gasteiger partial charge in [-0.25, -0.2) is 0 Å². The molecule has 0 aliphatic rings. The lowest BCUT2D eigenvalue weighted by molar-refractivity contribution is -0.119. The van der Waals surface area contributed by atoms with Crippen LogP contribution in [0, 0.1) is 5.92 Å². The van der Waals surface area contributed by atoms with Crippen molar-refractivity contribution >= 4 is 17.4 Å². The minimum atomic E-state index is -0.117. The highest BCUT2D eigenvalue weighted by Gasteiger charge is 2.15. The standard InChI is InChI=1S/C18H27N3O3/c1-12(7-5-6-10-20-14(3)19)18(23)21-15-8-9-17(24-4)16(11-15)13(2)22/h8-9,11-12,20H,3,5-7,10,19H2,1-2,4H3,(H,21,23)/t12-/m1/s1. The number of carbonyl (C=O) groups is 2. The van der Waals surface area contributed by atoms with E-state index in [0.29, 0.717) is 22.8 Å². The summed E-state index contributed by atoms with van der Waals surface area (Å²) in [7, 11) is 1.51. The van der Waals surface area contributed by atoms with E-state index < -0.39 is 0 Å². The smallest absolute Gasteiger partial charge is 0.227 e. The zero-order chi connectivity index (χ0) is 18.1. The highest BCUT2D eigenvalue weighted by molar-refractivity contribution is 5.99. The molecule has 0 aliphatic carbocycles. The molecule has 0 unspecified atom stereocenters. The Morgan fingerprint density at radius 3 is 2.62 bits per heavy atom. The van der Waals surface area contributed by atoms with Gasteiger partial charge in [-0.1, -0.05) is 19.9 Å². The van der Waals surface area contributed by atoms with Crippen molar-refractivity contribution in [3.63, 3.8) is 0 Å². The number of nitrogens with one attached hydrogen (secondary N) is 2. The van der Waals surface area contributed by atoms with Gasteiger partial charge in [0.25, 0.3) is 0 Å². The van der Waals surface area contributed by atoms with E-state index in [4.69, 9.17) is 10.5 Å². The quantitative estimate of drug-likeness (QED) is 0.452. The van der Waals surface area contributed by atoms with Gasteiger partial charge in [0.05, 0.1) is 18.5 Å². The third-order valence-electron chi connectivity index (χ3n) is 3.71. The molecule has 0 bridgehead atoms. The van der Waals surface area contributed by atoms with Crippen LogP contribution in [0.25, 0.3) is 0 Å². The van der Waals surface area contributed by atoms with Gasteiger partial charge >= 0.3 is 0 Å². The molecular formula is C18H27N3O3. The van der Waals surface area contributed by atoms with E-state index in [1.807, 2.05) is 6.92 Å². The Balaban J connectivity index is 2.53. The van der Waals surface area contributed by atoms with Crippen LogP contribution in [-0.4, -0.2) is 25.3 Å². The minimum Gasteiger partial charge on any atom is -0.496 e. The molecule has 0 saturated heterocycles. The Morgan fingerprint density at radius 2 is 2.04 bits per heavy atom. The van der Waals surface area contributed by atoms with E-state index in [1.165, 1.54) is 14.0 Å². The van der Waals surface area contributed by atoms with Crippen molar-refractivity contribution in [2.75, 3.05) is 19.0 Å². The zero-order valence-corrected chi connectivity index (χ0v) is 14.6. The van der Waals surface area contributed by atoms with Crippen LogP contribution in [0.1, 0.15) is 43.5 Å². The molecule has 1 amide bonds. The fraction of sp³-hybridized carbons (Fsp3) is 0.444. The van der Waals surface area contributed by atoms with Crippen LogP contribution < -0.4 is 21.1 Å². The first-order valence-corrected chi connectivity index (χ1v) is 8.03. The molecular weight excluding hydrogens is 306 g/mol. The SMILES string of the molecule is C=C(N)NCCCC[C@@H](C)C(=O)Nc1ccc(OC)c(C(C)=O)c1. The number of nitrogens with two attached hydrogens (primary N) is 1. The number of benzene rings is 1. The van der Waals surface area contributed by atoms with Crippen molar-refractivity contribution in [2.45, 2.75) is 33.1 Å². The van der Waals surface area contributed by atoms with Crippen LogP contribution in [0.5, 0.6) is 5.75 Å².